The van der Waals surface area contributed by atoms with Gasteiger partial charge >= 0.3 is 0 Å². The second kappa shape index (κ2) is 8.77. The zero-order valence-corrected chi connectivity index (χ0v) is 25.9. The van der Waals surface area contributed by atoms with Gasteiger partial charge in [-0.05, 0) is 72.8 Å². The smallest absolute Gasteiger partial charge is 0.227 e. The molecular formula is C37H43N2O+. The molecule has 0 radical (unpaired) electrons. The van der Waals surface area contributed by atoms with Crippen LogP contribution in [0.5, 0.6) is 0 Å². The van der Waals surface area contributed by atoms with Crippen molar-refractivity contribution in [2.75, 3.05) is 0 Å². The first-order valence-electron chi connectivity index (χ1n) is 14.6. The van der Waals surface area contributed by atoms with Crippen LogP contribution in [0.1, 0.15) is 82.3 Å². The first-order valence-corrected chi connectivity index (χ1v) is 14.6. The Kier molecular flexibility index (Phi) is 5.86. The summed E-state index contributed by atoms with van der Waals surface area (Å²) in [5, 5.41) is 2.23. The Hall–Kier alpha value is -3.46. The second-order valence-corrected chi connectivity index (χ2v) is 14.7. The molecule has 0 saturated carbocycles. The van der Waals surface area contributed by atoms with E-state index in [1.165, 1.54) is 39.1 Å². The van der Waals surface area contributed by atoms with E-state index < -0.39 is 0 Å². The third-order valence-corrected chi connectivity index (χ3v) is 8.69. The van der Waals surface area contributed by atoms with Crippen molar-refractivity contribution < 1.29 is 8.98 Å². The van der Waals surface area contributed by atoms with Crippen LogP contribution < -0.4 is 4.57 Å². The van der Waals surface area contributed by atoms with E-state index in [-0.39, 0.29) is 16.2 Å². The highest BCUT2D eigenvalue weighted by atomic mass is 16.3. The van der Waals surface area contributed by atoms with Gasteiger partial charge in [0.05, 0.1) is 11.3 Å². The molecule has 0 unspecified atom stereocenters. The van der Waals surface area contributed by atoms with Crippen LogP contribution in [0.25, 0.3) is 44.5 Å². The topological polar surface area (TPSA) is 29.9 Å². The monoisotopic (exact) mass is 531 g/mol. The van der Waals surface area contributed by atoms with E-state index >= 15 is 0 Å². The molecule has 0 N–H and O–H groups in total. The Balaban J connectivity index is 1.69. The maximum Gasteiger partial charge on any atom is 0.227 e. The van der Waals surface area contributed by atoms with Crippen molar-refractivity contribution in [3.8, 4) is 22.4 Å². The lowest BCUT2D eigenvalue weighted by atomic mass is 9.63. The molecule has 0 amide bonds. The molecule has 1 aliphatic rings. The summed E-state index contributed by atoms with van der Waals surface area (Å²) in [4.78, 5) is 5.47. The lowest BCUT2D eigenvalue weighted by Gasteiger charge is -2.41. The molecule has 3 heterocycles. The number of nitrogens with zero attached hydrogens (tertiary/aromatic N) is 2. The SMILES string of the molecule is Cc1cc(-c2c(C)ccc3c2oc2nc4c(cc23)-c2ccccc2C4(CC(C)(C)C)CC(C)(C)C)[n+](C)cc1C. The normalized spacial score (nSPS) is 14.7. The van der Waals surface area contributed by atoms with Crippen LogP contribution in [0.2, 0.25) is 0 Å². The molecule has 6 rings (SSSR count). The summed E-state index contributed by atoms with van der Waals surface area (Å²) in [7, 11) is 2.12. The van der Waals surface area contributed by atoms with Gasteiger partial charge in [0.2, 0.25) is 11.4 Å². The maximum atomic E-state index is 6.80. The number of hydrogen-bond acceptors (Lipinski definition) is 2. The van der Waals surface area contributed by atoms with Gasteiger partial charge in [-0.25, -0.2) is 9.55 Å². The van der Waals surface area contributed by atoms with Crippen molar-refractivity contribution in [2.24, 2.45) is 17.9 Å². The van der Waals surface area contributed by atoms with Crippen molar-refractivity contribution in [3.05, 3.63) is 82.7 Å². The quantitative estimate of drug-likeness (QED) is 0.217. The molecule has 2 aromatic carbocycles. The number of pyridine rings is 2. The summed E-state index contributed by atoms with van der Waals surface area (Å²) >= 11 is 0. The van der Waals surface area contributed by atoms with E-state index in [9.17, 15) is 0 Å². The molecule has 3 heteroatoms. The molecule has 0 fully saturated rings. The average molecular weight is 532 g/mol. The Labute approximate surface area is 239 Å². The molecule has 3 nitrogen and oxygen atoms in total. The summed E-state index contributed by atoms with van der Waals surface area (Å²) in [5.41, 5.74) is 13.0. The second-order valence-electron chi connectivity index (χ2n) is 14.7. The lowest BCUT2D eigenvalue weighted by Crippen LogP contribution is -2.35. The highest BCUT2D eigenvalue weighted by molar-refractivity contribution is 6.10. The van der Waals surface area contributed by atoms with Gasteiger partial charge in [0, 0.05) is 33.4 Å². The third kappa shape index (κ3) is 4.17. The van der Waals surface area contributed by atoms with Crippen LogP contribution >= 0.6 is 0 Å². The van der Waals surface area contributed by atoms with E-state index in [0.717, 1.165) is 46.2 Å². The van der Waals surface area contributed by atoms with Gasteiger partial charge in [-0.2, -0.15) is 0 Å². The van der Waals surface area contributed by atoms with Crippen molar-refractivity contribution in [2.45, 2.75) is 80.6 Å². The highest BCUT2D eigenvalue weighted by Crippen LogP contribution is 2.58. The number of benzene rings is 2. The minimum absolute atomic E-state index is 0.132. The molecule has 40 heavy (non-hydrogen) atoms. The van der Waals surface area contributed by atoms with E-state index in [0.29, 0.717) is 0 Å². The number of aromatic nitrogens is 2. The lowest BCUT2D eigenvalue weighted by molar-refractivity contribution is -0.660. The van der Waals surface area contributed by atoms with E-state index in [1.807, 2.05) is 0 Å². The van der Waals surface area contributed by atoms with E-state index in [2.05, 4.69) is 129 Å². The summed E-state index contributed by atoms with van der Waals surface area (Å²) < 4.78 is 9.02. The van der Waals surface area contributed by atoms with Gasteiger partial charge in [0.25, 0.3) is 0 Å². The predicted molar refractivity (Wildman–Crippen MR) is 167 cm³/mol. The molecule has 3 aromatic heterocycles. The minimum Gasteiger partial charge on any atom is -0.437 e. The Morgan fingerprint density at radius 3 is 2.12 bits per heavy atom. The average Bonchev–Trinajstić information content (AvgIpc) is 3.32. The molecule has 0 spiro atoms. The van der Waals surface area contributed by atoms with Gasteiger partial charge in [-0.1, -0.05) is 77.9 Å². The van der Waals surface area contributed by atoms with Crippen LogP contribution in [0.4, 0.5) is 0 Å². The van der Waals surface area contributed by atoms with E-state index in [4.69, 9.17) is 9.40 Å². The third-order valence-electron chi connectivity index (χ3n) is 8.69. The molecule has 0 atom stereocenters. The van der Waals surface area contributed by atoms with Crippen LogP contribution in [0.15, 0.2) is 59.1 Å². The predicted octanol–water partition coefficient (Wildman–Crippen LogP) is 9.54. The van der Waals surface area contributed by atoms with Crippen LogP contribution in [0, 0.1) is 31.6 Å². The van der Waals surface area contributed by atoms with E-state index in [1.54, 1.807) is 0 Å². The number of rotatable bonds is 3. The van der Waals surface area contributed by atoms with Gasteiger partial charge in [-0.3, -0.25) is 0 Å². The van der Waals surface area contributed by atoms with Crippen molar-refractivity contribution >= 4 is 22.1 Å². The summed E-state index contributed by atoms with van der Waals surface area (Å²) in [5.74, 6) is 0. The van der Waals surface area contributed by atoms with Crippen LogP contribution in [-0.4, -0.2) is 4.98 Å². The van der Waals surface area contributed by atoms with Gasteiger partial charge in [-0.15, -0.1) is 0 Å². The highest BCUT2D eigenvalue weighted by Gasteiger charge is 2.49. The summed E-state index contributed by atoms with van der Waals surface area (Å²) in [6.45, 7) is 20.7. The first-order chi connectivity index (χ1) is 18.7. The van der Waals surface area contributed by atoms with Gasteiger partial charge in [0.15, 0.2) is 11.8 Å². The van der Waals surface area contributed by atoms with Crippen molar-refractivity contribution in [1.82, 2.24) is 4.98 Å². The largest absolute Gasteiger partial charge is 0.437 e. The molecular weight excluding hydrogens is 488 g/mol. The summed E-state index contributed by atoms with van der Waals surface area (Å²) in [6.07, 6.45) is 4.27. The standard InChI is InChI=1S/C37H43N2O/c1-22-15-16-26-28-18-27-25-13-11-12-14-29(25)37(20-35(4,5)6,21-36(7,8)9)33(27)38-34(28)40-32(26)31(22)30-17-23(2)24(3)19-39(30)10/h11-19H,20-21H2,1-10H3/q+1. The first kappa shape index (κ1) is 26.7. The van der Waals surface area contributed by atoms with Gasteiger partial charge < -0.3 is 4.42 Å². The molecule has 0 saturated heterocycles. The fourth-order valence-electron chi connectivity index (χ4n) is 7.38. The molecule has 0 bridgehead atoms. The number of fused-ring (bicyclic) bond motifs is 6. The fourth-order valence-corrected chi connectivity index (χ4v) is 7.38. The van der Waals surface area contributed by atoms with Crippen molar-refractivity contribution in [3.63, 3.8) is 0 Å². The van der Waals surface area contributed by atoms with Gasteiger partial charge in [0.1, 0.15) is 7.05 Å². The fraction of sp³-hybridized carbons (Fsp3) is 0.405. The Morgan fingerprint density at radius 1 is 0.775 bits per heavy atom. The van der Waals surface area contributed by atoms with Crippen molar-refractivity contribution in [1.29, 1.82) is 0 Å². The molecule has 206 valence electrons. The zero-order valence-electron chi connectivity index (χ0n) is 25.9. The molecule has 5 aromatic rings. The molecule has 0 aliphatic heterocycles. The number of hydrogen-bond donors (Lipinski definition) is 0. The number of aryl methyl sites for hydroxylation is 4. The Morgan fingerprint density at radius 2 is 1.45 bits per heavy atom. The Bertz CT molecular complexity index is 1790. The maximum absolute atomic E-state index is 6.80. The van der Waals surface area contributed by atoms with Crippen LogP contribution in [-0.2, 0) is 12.5 Å². The number of furan rings is 1. The molecule has 1 aliphatic carbocycles. The van der Waals surface area contributed by atoms with Crippen LogP contribution in [0.3, 0.4) is 0 Å². The zero-order chi connectivity index (χ0) is 28.8. The summed E-state index contributed by atoms with van der Waals surface area (Å²) in [6, 6.07) is 18.1. The minimum atomic E-state index is -0.172.